The number of hydrogen-bond acceptors (Lipinski definition) is 3. The smallest absolute Gasteiger partial charge is 0.0137 e. The van der Waals surface area contributed by atoms with Gasteiger partial charge in [-0.2, -0.15) is 0 Å². The SMILES string of the molecule is CN1CCCC(CNC(C)(C)CCN)C1. The Morgan fingerprint density at radius 2 is 2.20 bits per heavy atom. The van der Waals surface area contributed by atoms with E-state index in [9.17, 15) is 0 Å². The van der Waals surface area contributed by atoms with Crippen LogP contribution in [0, 0.1) is 5.92 Å². The Morgan fingerprint density at radius 3 is 2.80 bits per heavy atom. The lowest BCUT2D eigenvalue weighted by atomic mass is 9.95. The summed E-state index contributed by atoms with van der Waals surface area (Å²) >= 11 is 0. The summed E-state index contributed by atoms with van der Waals surface area (Å²) in [4.78, 5) is 2.44. The van der Waals surface area contributed by atoms with Gasteiger partial charge >= 0.3 is 0 Å². The normalized spacial score (nSPS) is 24.4. The zero-order chi connectivity index (χ0) is 11.3. The number of hydrogen-bond donors (Lipinski definition) is 2. The molecule has 1 rings (SSSR count). The Kier molecular flexibility index (Phi) is 5.03. The molecule has 1 unspecified atom stereocenters. The second kappa shape index (κ2) is 5.83. The van der Waals surface area contributed by atoms with E-state index in [1.54, 1.807) is 0 Å². The maximum atomic E-state index is 5.60. The molecule has 0 aromatic rings. The molecule has 0 spiro atoms. The van der Waals surface area contributed by atoms with Crippen molar-refractivity contribution in [3.05, 3.63) is 0 Å². The highest BCUT2D eigenvalue weighted by atomic mass is 15.1. The van der Waals surface area contributed by atoms with Gasteiger partial charge in [0, 0.05) is 12.1 Å². The third kappa shape index (κ3) is 4.96. The van der Waals surface area contributed by atoms with Crippen LogP contribution in [-0.4, -0.2) is 43.7 Å². The maximum Gasteiger partial charge on any atom is 0.0137 e. The summed E-state index contributed by atoms with van der Waals surface area (Å²) < 4.78 is 0. The van der Waals surface area contributed by atoms with Gasteiger partial charge in [0.15, 0.2) is 0 Å². The highest BCUT2D eigenvalue weighted by Crippen LogP contribution is 2.16. The van der Waals surface area contributed by atoms with Gasteiger partial charge in [-0.15, -0.1) is 0 Å². The van der Waals surface area contributed by atoms with Gasteiger partial charge < -0.3 is 16.0 Å². The minimum Gasteiger partial charge on any atom is -0.330 e. The monoisotopic (exact) mass is 213 g/mol. The Bertz CT molecular complexity index is 180. The van der Waals surface area contributed by atoms with E-state index in [2.05, 4.69) is 31.1 Å². The van der Waals surface area contributed by atoms with Gasteiger partial charge in [-0.1, -0.05) is 0 Å². The van der Waals surface area contributed by atoms with Crippen LogP contribution in [0.1, 0.15) is 33.1 Å². The number of nitrogens with zero attached hydrogens (tertiary/aromatic N) is 1. The molecule has 15 heavy (non-hydrogen) atoms. The standard InChI is InChI=1S/C12H27N3/c1-12(2,6-7-13)14-9-11-5-4-8-15(3)10-11/h11,14H,4-10,13H2,1-3H3. The van der Waals surface area contributed by atoms with E-state index < -0.39 is 0 Å². The summed E-state index contributed by atoms with van der Waals surface area (Å²) in [7, 11) is 2.22. The van der Waals surface area contributed by atoms with Crippen LogP contribution >= 0.6 is 0 Å². The van der Waals surface area contributed by atoms with Gasteiger partial charge in [-0.25, -0.2) is 0 Å². The largest absolute Gasteiger partial charge is 0.330 e. The first-order valence-corrected chi connectivity index (χ1v) is 6.17. The van der Waals surface area contributed by atoms with Gasteiger partial charge in [0.05, 0.1) is 0 Å². The van der Waals surface area contributed by atoms with Crippen molar-refractivity contribution < 1.29 is 0 Å². The third-order valence-corrected chi connectivity index (χ3v) is 3.36. The first-order chi connectivity index (χ1) is 7.03. The number of likely N-dealkylation sites (tertiary alicyclic amines) is 1. The Labute approximate surface area is 94.4 Å². The number of rotatable bonds is 5. The Morgan fingerprint density at radius 1 is 1.47 bits per heavy atom. The molecule has 3 heteroatoms. The van der Waals surface area contributed by atoms with Gasteiger partial charge in [0.25, 0.3) is 0 Å². The van der Waals surface area contributed by atoms with E-state index in [0.717, 1.165) is 25.4 Å². The fraction of sp³-hybridized carbons (Fsp3) is 1.00. The second-order valence-electron chi connectivity index (χ2n) is 5.57. The fourth-order valence-corrected chi connectivity index (χ4v) is 2.31. The summed E-state index contributed by atoms with van der Waals surface area (Å²) in [6.45, 7) is 8.90. The number of nitrogens with two attached hydrogens (primary N) is 1. The highest BCUT2D eigenvalue weighted by molar-refractivity contribution is 4.81. The van der Waals surface area contributed by atoms with Gasteiger partial charge in [-0.3, -0.25) is 0 Å². The summed E-state index contributed by atoms with van der Waals surface area (Å²) in [5.74, 6) is 0.820. The Balaban J connectivity index is 2.23. The lowest BCUT2D eigenvalue weighted by Gasteiger charge is -2.33. The number of piperidine rings is 1. The minimum absolute atomic E-state index is 0.199. The molecule has 1 heterocycles. The molecule has 1 atom stereocenters. The van der Waals surface area contributed by atoms with Crippen molar-refractivity contribution in [2.24, 2.45) is 11.7 Å². The topological polar surface area (TPSA) is 41.3 Å². The van der Waals surface area contributed by atoms with Gasteiger partial charge in [0.1, 0.15) is 0 Å². The summed E-state index contributed by atoms with van der Waals surface area (Å²) in [5, 5.41) is 3.64. The minimum atomic E-state index is 0.199. The molecule has 1 saturated heterocycles. The highest BCUT2D eigenvalue weighted by Gasteiger charge is 2.21. The maximum absolute atomic E-state index is 5.60. The van der Waals surface area contributed by atoms with Crippen LogP contribution in [0.5, 0.6) is 0 Å². The predicted molar refractivity (Wildman–Crippen MR) is 66.0 cm³/mol. The van der Waals surface area contributed by atoms with Crippen LogP contribution in [0.2, 0.25) is 0 Å². The molecule has 0 saturated carbocycles. The molecular weight excluding hydrogens is 186 g/mol. The lowest BCUT2D eigenvalue weighted by molar-refractivity contribution is 0.194. The molecule has 3 N–H and O–H groups in total. The van der Waals surface area contributed by atoms with E-state index in [-0.39, 0.29) is 5.54 Å². The molecule has 1 fully saturated rings. The second-order valence-corrected chi connectivity index (χ2v) is 5.57. The first-order valence-electron chi connectivity index (χ1n) is 6.17. The molecule has 0 bridgehead atoms. The van der Waals surface area contributed by atoms with E-state index in [0.29, 0.717) is 0 Å². The zero-order valence-electron chi connectivity index (χ0n) is 10.6. The van der Waals surface area contributed by atoms with Crippen LogP contribution in [0.3, 0.4) is 0 Å². The number of nitrogens with one attached hydrogen (secondary N) is 1. The predicted octanol–water partition coefficient (Wildman–Crippen LogP) is 1.05. The van der Waals surface area contributed by atoms with Crippen LogP contribution in [0.15, 0.2) is 0 Å². The molecule has 0 aliphatic carbocycles. The quantitative estimate of drug-likeness (QED) is 0.717. The molecule has 3 nitrogen and oxygen atoms in total. The molecular formula is C12H27N3. The van der Waals surface area contributed by atoms with Crippen molar-refractivity contribution in [2.75, 3.05) is 33.2 Å². The summed E-state index contributed by atoms with van der Waals surface area (Å²) in [6, 6.07) is 0. The van der Waals surface area contributed by atoms with Crippen LogP contribution < -0.4 is 11.1 Å². The molecule has 1 aliphatic heterocycles. The molecule has 0 aromatic carbocycles. The van der Waals surface area contributed by atoms with E-state index in [1.165, 1.54) is 25.9 Å². The van der Waals surface area contributed by atoms with Crippen molar-refractivity contribution >= 4 is 0 Å². The Hall–Kier alpha value is -0.120. The van der Waals surface area contributed by atoms with E-state index in [4.69, 9.17) is 5.73 Å². The first kappa shape index (κ1) is 12.9. The van der Waals surface area contributed by atoms with Crippen molar-refractivity contribution in [1.29, 1.82) is 0 Å². The van der Waals surface area contributed by atoms with Crippen molar-refractivity contribution in [2.45, 2.75) is 38.6 Å². The molecule has 90 valence electrons. The molecule has 0 aromatic heterocycles. The van der Waals surface area contributed by atoms with E-state index in [1.807, 2.05) is 0 Å². The molecule has 0 amide bonds. The van der Waals surface area contributed by atoms with Crippen molar-refractivity contribution in [3.63, 3.8) is 0 Å². The van der Waals surface area contributed by atoms with Gasteiger partial charge in [-0.05, 0) is 65.7 Å². The zero-order valence-corrected chi connectivity index (χ0v) is 10.6. The van der Waals surface area contributed by atoms with Gasteiger partial charge in [0.2, 0.25) is 0 Å². The van der Waals surface area contributed by atoms with Crippen molar-refractivity contribution in [3.8, 4) is 0 Å². The third-order valence-electron chi connectivity index (χ3n) is 3.36. The average molecular weight is 213 g/mol. The lowest BCUT2D eigenvalue weighted by Crippen LogP contribution is -2.46. The summed E-state index contributed by atoms with van der Waals surface area (Å²) in [5.41, 5.74) is 5.80. The average Bonchev–Trinajstić information content (AvgIpc) is 2.15. The van der Waals surface area contributed by atoms with Crippen LogP contribution in [0.4, 0.5) is 0 Å². The summed E-state index contributed by atoms with van der Waals surface area (Å²) in [6.07, 6.45) is 3.77. The van der Waals surface area contributed by atoms with E-state index >= 15 is 0 Å². The molecule has 0 radical (unpaired) electrons. The van der Waals surface area contributed by atoms with Crippen molar-refractivity contribution in [1.82, 2.24) is 10.2 Å². The molecule has 1 aliphatic rings. The fourth-order valence-electron chi connectivity index (χ4n) is 2.31. The van der Waals surface area contributed by atoms with Crippen LogP contribution in [0.25, 0.3) is 0 Å². The van der Waals surface area contributed by atoms with Crippen LogP contribution in [-0.2, 0) is 0 Å².